The molecule has 0 bridgehead atoms. The van der Waals surface area contributed by atoms with Crippen LogP contribution in [0.4, 0.5) is 5.69 Å². The van der Waals surface area contributed by atoms with Gasteiger partial charge in [0.15, 0.2) is 0 Å². The zero-order valence-electron chi connectivity index (χ0n) is 13.0. The number of para-hydroxylation sites is 1. The first-order valence-corrected chi connectivity index (χ1v) is 8.05. The molecule has 2 aromatic rings. The number of furan rings is 1. The molecule has 5 nitrogen and oxygen atoms in total. The van der Waals surface area contributed by atoms with Crippen LogP contribution in [-0.4, -0.2) is 23.7 Å². The van der Waals surface area contributed by atoms with E-state index in [9.17, 15) is 9.90 Å². The van der Waals surface area contributed by atoms with Gasteiger partial charge in [0.2, 0.25) is 0 Å². The van der Waals surface area contributed by atoms with Gasteiger partial charge in [0, 0.05) is 18.2 Å². The van der Waals surface area contributed by atoms with E-state index in [1.807, 2.05) is 30.3 Å². The molecule has 1 aromatic heterocycles. The van der Waals surface area contributed by atoms with Crippen LogP contribution in [0.5, 0.6) is 0 Å². The second-order valence-electron chi connectivity index (χ2n) is 5.95. The second-order valence-corrected chi connectivity index (χ2v) is 5.95. The van der Waals surface area contributed by atoms with Crippen LogP contribution in [0.25, 0.3) is 0 Å². The normalized spacial score (nSPS) is 20.4. The molecule has 0 spiro atoms. The van der Waals surface area contributed by atoms with E-state index in [0.717, 1.165) is 30.7 Å². The smallest absolute Gasteiger partial charge is 0.253 e. The van der Waals surface area contributed by atoms with E-state index >= 15 is 0 Å². The first-order chi connectivity index (χ1) is 11.2. The minimum Gasteiger partial charge on any atom is -0.467 e. The molecule has 1 saturated carbocycles. The maximum atomic E-state index is 12.4. The van der Waals surface area contributed by atoms with Crippen molar-refractivity contribution in [3.8, 4) is 0 Å². The lowest BCUT2D eigenvalue weighted by molar-refractivity contribution is 0.0917. The predicted molar refractivity (Wildman–Crippen MR) is 88.2 cm³/mol. The maximum Gasteiger partial charge on any atom is 0.253 e. The van der Waals surface area contributed by atoms with Gasteiger partial charge >= 0.3 is 0 Å². The molecule has 1 aliphatic carbocycles. The lowest BCUT2D eigenvalue weighted by Crippen LogP contribution is -2.32. The minimum absolute atomic E-state index is 0.119. The molecule has 2 unspecified atom stereocenters. The number of carbonyl (C=O) groups excluding carboxylic acids is 1. The van der Waals surface area contributed by atoms with Gasteiger partial charge in [-0.15, -0.1) is 0 Å². The van der Waals surface area contributed by atoms with Gasteiger partial charge in [-0.2, -0.15) is 0 Å². The molecule has 122 valence electrons. The Hall–Kier alpha value is -2.27. The number of hydrogen-bond acceptors (Lipinski definition) is 4. The van der Waals surface area contributed by atoms with Crippen LogP contribution in [0.1, 0.15) is 35.4 Å². The summed E-state index contributed by atoms with van der Waals surface area (Å²) in [6, 6.07) is 11.1. The van der Waals surface area contributed by atoms with E-state index in [2.05, 4.69) is 10.6 Å². The summed E-state index contributed by atoms with van der Waals surface area (Å²) in [5, 5.41) is 16.0. The van der Waals surface area contributed by atoms with E-state index < -0.39 is 0 Å². The maximum absolute atomic E-state index is 12.4. The van der Waals surface area contributed by atoms with Crippen molar-refractivity contribution in [3.63, 3.8) is 0 Å². The molecule has 3 rings (SSSR count). The molecule has 1 amide bonds. The second kappa shape index (κ2) is 7.33. The van der Waals surface area contributed by atoms with E-state index in [0.29, 0.717) is 18.7 Å². The number of hydrogen-bond donors (Lipinski definition) is 3. The quantitative estimate of drug-likeness (QED) is 0.766. The Bertz CT molecular complexity index is 639. The number of rotatable bonds is 6. The summed E-state index contributed by atoms with van der Waals surface area (Å²) in [7, 11) is 0. The Labute approximate surface area is 135 Å². The number of aliphatic hydroxyl groups excluding tert-OH is 1. The average Bonchev–Trinajstić information content (AvgIpc) is 3.22. The third-order valence-corrected chi connectivity index (χ3v) is 4.35. The number of nitrogens with one attached hydrogen (secondary N) is 2. The topological polar surface area (TPSA) is 74.5 Å². The van der Waals surface area contributed by atoms with Crippen molar-refractivity contribution in [2.24, 2.45) is 5.92 Å². The Balaban J connectivity index is 1.60. The van der Waals surface area contributed by atoms with Crippen molar-refractivity contribution in [2.45, 2.75) is 31.9 Å². The van der Waals surface area contributed by atoms with Gasteiger partial charge in [0.25, 0.3) is 5.91 Å². The van der Waals surface area contributed by atoms with E-state index in [-0.39, 0.29) is 17.9 Å². The predicted octanol–water partition coefficient (Wildman–Crippen LogP) is 2.78. The highest BCUT2D eigenvalue weighted by Crippen LogP contribution is 2.25. The summed E-state index contributed by atoms with van der Waals surface area (Å²) in [6.07, 6.45) is 4.18. The minimum atomic E-state index is -0.289. The van der Waals surface area contributed by atoms with Crippen molar-refractivity contribution in [2.75, 3.05) is 11.9 Å². The van der Waals surface area contributed by atoms with E-state index in [4.69, 9.17) is 4.42 Å². The van der Waals surface area contributed by atoms with Gasteiger partial charge in [0.1, 0.15) is 5.76 Å². The van der Waals surface area contributed by atoms with Gasteiger partial charge in [-0.25, -0.2) is 0 Å². The lowest BCUT2D eigenvalue weighted by atomic mass is 10.1. The highest BCUT2D eigenvalue weighted by atomic mass is 16.3. The first-order valence-electron chi connectivity index (χ1n) is 8.05. The van der Waals surface area contributed by atoms with Crippen LogP contribution in [-0.2, 0) is 6.54 Å². The summed E-state index contributed by atoms with van der Waals surface area (Å²) >= 11 is 0. The van der Waals surface area contributed by atoms with Crippen LogP contribution in [0.2, 0.25) is 0 Å². The molecule has 0 aliphatic heterocycles. The van der Waals surface area contributed by atoms with Crippen molar-refractivity contribution in [1.29, 1.82) is 0 Å². The molecular weight excluding hydrogens is 292 g/mol. The Kier molecular flexibility index (Phi) is 4.98. The first kappa shape index (κ1) is 15.6. The van der Waals surface area contributed by atoms with Crippen LogP contribution >= 0.6 is 0 Å². The average molecular weight is 314 g/mol. The number of benzene rings is 1. The van der Waals surface area contributed by atoms with Crippen LogP contribution in [0.3, 0.4) is 0 Å². The fraction of sp³-hybridized carbons (Fsp3) is 0.389. The summed E-state index contributed by atoms with van der Waals surface area (Å²) in [5.74, 6) is 0.864. The van der Waals surface area contributed by atoms with Gasteiger partial charge in [0.05, 0.1) is 24.5 Å². The molecule has 1 aromatic carbocycles. The number of aliphatic hydroxyl groups is 1. The zero-order valence-corrected chi connectivity index (χ0v) is 13.0. The monoisotopic (exact) mass is 314 g/mol. The number of amides is 1. The lowest BCUT2D eigenvalue weighted by Gasteiger charge is -2.16. The van der Waals surface area contributed by atoms with Crippen molar-refractivity contribution in [3.05, 3.63) is 54.0 Å². The molecule has 5 heteroatoms. The fourth-order valence-electron chi connectivity index (χ4n) is 3.01. The zero-order chi connectivity index (χ0) is 16.1. The van der Waals surface area contributed by atoms with Crippen molar-refractivity contribution < 1.29 is 14.3 Å². The molecular formula is C18H22N2O3. The molecule has 2 atom stereocenters. The van der Waals surface area contributed by atoms with Gasteiger partial charge in [-0.1, -0.05) is 18.6 Å². The van der Waals surface area contributed by atoms with Crippen molar-refractivity contribution >= 4 is 11.6 Å². The molecule has 1 heterocycles. The molecule has 0 saturated heterocycles. The highest BCUT2D eigenvalue weighted by molar-refractivity contribution is 5.99. The molecule has 3 N–H and O–H groups in total. The molecule has 0 radical (unpaired) electrons. The standard InChI is InChI=1S/C18H22N2O3/c21-17-9-3-5-13(17)11-20-18(22)15-7-1-2-8-16(15)19-12-14-6-4-10-23-14/h1-2,4,6-8,10,13,17,19,21H,3,5,9,11-12H2,(H,20,22). The summed E-state index contributed by atoms with van der Waals surface area (Å²) < 4.78 is 5.29. The highest BCUT2D eigenvalue weighted by Gasteiger charge is 2.25. The van der Waals surface area contributed by atoms with Crippen LogP contribution in [0, 0.1) is 5.92 Å². The Morgan fingerprint density at radius 2 is 2.09 bits per heavy atom. The SMILES string of the molecule is O=C(NCC1CCCC1O)c1ccccc1NCc1ccco1. The van der Waals surface area contributed by atoms with Crippen LogP contribution < -0.4 is 10.6 Å². The third kappa shape index (κ3) is 3.93. The number of carbonyl (C=O) groups is 1. The number of anilines is 1. The van der Waals surface area contributed by atoms with E-state index in [1.165, 1.54) is 0 Å². The molecule has 23 heavy (non-hydrogen) atoms. The molecule has 1 aliphatic rings. The largest absolute Gasteiger partial charge is 0.467 e. The van der Waals surface area contributed by atoms with Crippen molar-refractivity contribution in [1.82, 2.24) is 5.32 Å². The molecule has 1 fully saturated rings. The third-order valence-electron chi connectivity index (χ3n) is 4.35. The van der Waals surface area contributed by atoms with E-state index in [1.54, 1.807) is 12.3 Å². The Morgan fingerprint density at radius 3 is 2.83 bits per heavy atom. The summed E-state index contributed by atoms with van der Waals surface area (Å²) in [4.78, 5) is 12.4. The fourth-order valence-corrected chi connectivity index (χ4v) is 3.01. The summed E-state index contributed by atoms with van der Waals surface area (Å²) in [6.45, 7) is 1.05. The Morgan fingerprint density at radius 1 is 1.22 bits per heavy atom. The van der Waals surface area contributed by atoms with Gasteiger partial charge < -0.3 is 20.2 Å². The van der Waals surface area contributed by atoms with Gasteiger partial charge in [-0.05, 0) is 37.1 Å². The summed E-state index contributed by atoms with van der Waals surface area (Å²) in [5.41, 5.74) is 1.37. The van der Waals surface area contributed by atoms with Gasteiger partial charge in [-0.3, -0.25) is 4.79 Å². The van der Waals surface area contributed by atoms with Crippen LogP contribution in [0.15, 0.2) is 47.1 Å².